The number of nitro groups is 1. The quantitative estimate of drug-likeness (QED) is 0.203. The molecule has 0 unspecified atom stereocenters. The maximum absolute atomic E-state index is 13.9. The predicted molar refractivity (Wildman–Crippen MR) is 135 cm³/mol. The number of hydrogen-bond donors (Lipinski definition) is 2. The van der Waals surface area contributed by atoms with Crippen molar-refractivity contribution in [2.45, 2.75) is 31.6 Å². The fourth-order valence-electron chi connectivity index (χ4n) is 4.19. The summed E-state index contributed by atoms with van der Waals surface area (Å²) in [4.78, 5) is 24.5. The first-order valence-electron chi connectivity index (χ1n) is 11.4. The normalized spacial score (nSPS) is 16.8. The molecule has 4 aromatic rings. The number of alkyl halides is 3. The van der Waals surface area contributed by atoms with Crippen molar-refractivity contribution in [3.8, 4) is 11.5 Å². The van der Waals surface area contributed by atoms with Crippen LogP contribution in [0.25, 0.3) is 0 Å². The summed E-state index contributed by atoms with van der Waals surface area (Å²) >= 11 is 1.33. The molecule has 1 aliphatic rings. The number of nitrogens with one attached hydrogen (secondary N) is 2. The number of non-ortho nitro benzene ring substituents is 1. The van der Waals surface area contributed by atoms with Gasteiger partial charge in [0.15, 0.2) is 11.7 Å². The van der Waals surface area contributed by atoms with Gasteiger partial charge in [0.2, 0.25) is 0 Å². The van der Waals surface area contributed by atoms with Gasteiger partial charge in [-0.1, -0.05) is 18.2 Å². The van der Waals surface area contributed by atoms with E-state index in [1.807, 2.05) is 13.0 Å². The smallest absolute Gasteiger partial charge is 0.410 e. The molecule has 3 heterocycles. The number of ether oxygens (including phenoxy) is 1. The van der Waals surface area contributed by atoms with Gasteiger partial charge in [-0.05, 0) is 36.1 Å². The molecular weight excluding hydrogens is 523 g/mol. The Kier molecular flexibility index (Phi) is 6.53. The number of aryl methyl sites for hydroxylation is 1. The number of carbonyl (C=O) groups excluding carboxylic acids is 1. The first-order chi connectivity index (χ1) is 18.1. The molecular formula is C25H20F3N5O4S. The van der Waals surface area contributed by atoms with Gasteiger partial charge in [-0.15, -0.1) is 11.3 Å². The highest BCUT2D eigenvalue weighted by atomic mass is 32.1. The Bertz CT molecular complexity index is 1500. The second kappa shape index (κ2) is 9.82. The number of thiophene rings is 1. The summed E-state index contributed by atoms with van der Waals surface area (Å²) in [5.41, 5.74) is 0.320. The number of halogens is 3. The lowest BCUT2D eigenvalue weighted by Crippen LogP contribution is -2.35. The number of fused-ring (bicyclic) bond motifs is 1. The third-order valence-corrected chi connectivity index (χ3v) is 6.88. The molecule has 13 heteroatoms. The van der Waals surface area contributed by atoms with Crippen LogP contribution in [0, 0.1) is 17.0 Å². The molecule has 0 spiro atoms. The van der Waals surface area contributed by atoms with Crippen LogP contribution >= 0.6 is 11.3 Å². The first kappa shape index (κ1) is 25.3. The number of anilines is 2. The fraction of sp³-hybridized carbons (Fsp3) is 0.200. The second-order valence-electron chi connectivity index (χ2n) is 8.71. The summed E-state index contributed by atoms with van der Waals surface area (Å²) in [5, 5.41) is 22.7. The third kappa shape index (κ3) is 5.32. The molecule has 2 atom stereocenters. The van der Waals surface area contributed by atoms with E-state index < -0.39 is 29.1 Å². The van der Waals surface area contributed by atoms with Crippen molar-refractivity contribution < 1.29 is 27.6 Å². The molecule has 0 aliphatic carbocycles. The summed E-state index contributed by atoms with van der Waals surface area (Å²) in [5.74, 6) is -0.245. The van der Waals surface area contributed by atoms with E-state index in [0.717, 1.165) is 21.2 Å². The highest BCUT2D eigenvalue weighted by Gasteiger charge is 2.47. The summed E-state index contributed by atoms with van der Waals surface area (Å²) in [6.07, 6.45) is -4.88. The largest absolute Gasteiger partial charge is 0.457 e. The van der Waals surface area contributed by atoms with Crippen molar-refractivity contribution in [2.24, 2.45) is 0 Å². The summed E-state index contributed by atoms with van der Waals surface area (Å²) in [6, 6.07) is 12.9. The van der Waals surface area contributed by atoms with E-state index in [0.29, 0.717) is 5.75 Å². The molecule has 0 saturated heterocycles. The van der Waals surface area contributed by atoms with Gasteiger partial charge < -0.3 is 15.4 Å². The molecule has 2 aromatic heterocycles. The molecule has 1 amide bonds. The maximum atomic E-state index is 13.9. The van der Waals surface area contributed by atoms with E-state index in [4.69, 9.17) is 4.74 Å². The van der Waals surface area contributed by atoms with E-state index in [9.17, 15) is 28.1 Å². The number of amides is 1. The molecule has 0 bridgehead atoms. The van der Waals surface area contributed by atoms with Crippen LogP contribution in [-0.4, -0.2) is 26.8 Å². The van der Waals surface area contributed by atoms with Crippen molar-refractivity contribution in [1.29, 1.82) is 0 Å². The molecule has 0 fully saturated rings. The number of benzene rings is 2. The molecule has 0 saturated carbocycles. The predicted octanol–water partition coefficient (Wildman–Crippen LogP) is 6.87. The summed E-state index contributed by atoms with van der Waals surface area (Å²) in [6.45, 7) is 1.86. The summed E-state index contributed by atoms with van der Waals surface area (Å²) in [7, 11) is 0. The van der Waals surface area contributed by atoms with Crippen molar-refractivity contribution in [1.82, 2.24) is 9.78 Å². The number of nitro benzene ring substituents is 1. The molecule has 196 valence electrons. The highest BCUT2D eigenvalue weighted by molar-refractivity contribution is 7.10. The highest BCUT2D eigenvalue weighted by Crippen LogP contribution is 2.44. The van der Waals surface area contributed by atoms with E-state index in [1.54, 1.807) is 35.7 Å². The van der Waals surface area contributed by atoms with Gasteiger partial charge in [0.25, 0.3) is 11.6 Å². The topological polar surface area (TPSA) is 111 Å². The van der Waals surface area contributed by atoms with Crippen LogP contribution in [0.4, 0.5) is 30.4 Å². The van der Waals surface area contributed by atoms with E-state index in [-0.39, 0.29) is 35.1 Å². The number of nitrogens with zero attached hydrogens (tertiary/aromatic N) is 3. The van der Waals surface area contributed by atoms with Crippen LogP contribution in [0.5, 0.6) is 11.5 Å². The van der Waals surface area contributed by atoms with Crippen LogP contribution in [0.2, 0.25) is 0 Å². The zero-order valence-corrected chi connectivity index (χ0v) is 20.5. The number of rotatable bonds is 6. The SMILES string of the molecule is Cc1cccc(Oc2cc(NC(=O)c3cc4n(n3)[C@@H](C(F)(F)F)C[C@@H](c3cccs3)N4)cc([N+](=O)[O-])c2)c1. The van der Waals surface area contributed by atoms with Crippen LogP contribution in [0.15, 0.2) is 66.0 Å². The Morgan fingerprint density at radius 3 is 2.68 bits per heavy atom. The minimum atomic E-state index is -4.59. The third-order valence-electron chi connectivity index (χ3n) is 5.89. The van der Waals surface area contributed by atoms with Crippen molar-refractivity contribution in [2.75, 3.05) is 10.6 Å². The van der Waals surface area contributed by atoms with Gasteiger partial charge >= 0.3 is 6.18 Å². The first-order valence-corrected chi connectivity index (χ1v) is 12.3. The molecule has 0 radical (unpaired) electrons. The van der Waals surface area contributed by atoms with Gasteiger partial charge in [0.05, 0.1) is 22.7 Å². The Labute approximate surface area is 218 Å². The average Bonchev–Trinajstić information content (AvgIpc) is 3.53. The van der Waals surface area contributed by atoms with Crippen LogP contribution < -0.4 is 15.4 Å². The maximum Gasteiger partial charge on any atom is 0.410 e. The van der Waals surface area contributed by atoms with Crippen LogP contribution in [0.1, 0.15) is 39.4 Å². The van der Waals surface area contributed by atoms with Crippen LogP contribution in [-0.2, 0) is 0 Å². The monoisotopic (exact) mass is 543 g/mol. The number of carbonyl (C=O) groups is 1. The van der Waals surface area contributed by atoms with Crippen LogP contribution in [0.3, 0.4) is 0 Å². The Hall–Kier alpha value is -4.39. The van der Waals surface area contributed by atoms with E-state index in [1.165, 1.54) is 29.5 Å². The second-order valence-corrected chi connectivity index (χ2v) is 9.69. The molecule has 2 aromatic carbocycles. The lowest BCUT2D eigenvalue weighted by atomic mass is 10.0. The molecule has 1 aliphatic heterocycles. The molecule has 5 rings (SSSR count). The van der Waals surface area contributed by atoms with Gasteiger partial charge in [0.1, 0.15) is 17.3 Å². The molecule has 2 N–H and O–H groups in total. The minimum Gasteiger partial charge on any atom is -0.457 e. The zero-order valence-electron chi connectivity index (χ0n) is 19.7. The Balaban J connectivity index is 1.42. The van der Waals surface area contributed by atoms with Gasteiger partial charge in [-0.3, -0.25) is 14.9 Å². The lowest BCUT2D eigenvalue weighted by Gasteiger charge is -2.32. The van der Waals surface area contributed by atoms with E-state index in [2.05, 4.69) is 15.7 Å². The Morgan fingerprint density at radius 1 is 1.18 bits per heavy atom. The Morgan fingerprint density at radius 2 is 2.00 bits per heavy atom. The lowest BCUT2D eigenvalue weighted by molar-refractivity contribution is -0.384. The average molecular weight is 544 g/mol. The van der Waals surface area contributed by atoms with E-state index >= 15 is 0 Å². The summed E-state index contributed by atoms with van der Waals surface area (Å²) < 4.78 is 48.2. The molecule has 9 nitrogen and oxygen atoms in total. The van der Waals surface area contributed by atoms with Crippen molar-refractivity contribution in [3.63, 3.8) is 0 Å². The minimum absolute atomic E-state index is 0.0228. The number of hydrogen-bond acceptors (Lipinski definition) is 7. The molecule has 38 heavy (non-hydrogen) atoms. The number of aromatic nitrogens is 2. The van der Waals surface area contributed by atoms with Gasteiger partial charge in [-0.2, -0.15) is 18.3 Å². The fourth-order valence-corrected chi connectivity index (χ4v) is 4.98. The van der Waals surface area contributed by atoms with Gasteiger partial charge in [-0.25, -0.2) is 4.68 Å². The van der Waals surface area contributed by atoms with Crippen molar-refractivity contribution in [3.05, 3.63) is 92.3 Å². The van der Waals surface area contributed by atoms with Gasteiger partial charge in [0, 0.05) is 29.5 Å². The zero-order chi connectivity index (χ0) is 27.0. The standard InChI is InChI=1S/C25H20F3N5O4S/c1-14-4-2-5-17(8-14)37-18-10-15(9-16(11-18)33(35)36)29-24(34)20-13-23-30-19(21-6-3-7-38-21)12-22(25(26,27)28)32(23)31-20/h2-11,13,19,22,30H,12H2,1H3,(H,29,34)/t19-,22+/m0/s1. The van der Waals surface area contributed by atoms with Crippen molar-refractivity contribution >= 4 is 34.4 Å².